The summed E-state index contributed by atoms with van der Waals surface area (Å²) < 4.78 is 0. The molecular weight excluding hydrogens is 226 g/mol. The number of carbonyl (C=O) groups is 1. The molecule has 2 rings (SSSR count). The summed E-state index contributed by atoms with van der Waals surface area (Å²) in [6.07, 6.45) is 7.49. The van der Waals surface area contributed by atoms with Gasteiger partial charge in [0.25, 0.3) is 0 Å². The molecule has 1 amide bonds. The van der Waals surface area contributed by atoms with Crippen molar-refractivity contribution in [3.05, 3.63) is 0 Å². The third kappa shape index (κ3) is 2.87. The summed E-state index contributed by atoms with van der Waals surface area (Å²) in [5.41, 5.74) is -0.101. The lowest BCUT2D eigenvalue weighted by Crippen LogP contribution is -2.47. The lowest BCUT2D eigenvalue weighted by atomic mass is 9.74. The fourth-order valence-electron chi connectivity index (χ4n) is 3.51. The van der Waals surface area contributed by atoms with Gasteiger partial charge in [0, 0.05) is 18.5 Å². The lowest BCUT2D eigenvalue weighted by Gasteiger charge is -2.40. The summed E-state index contributed by atoms with van der Waals surface area (Å²) in [4.78, 5) is 14.7. The van der Waals surface area contributed by atoms with Gasteiger partial charge in [-0.1, -0.05) is 26.2 Å². The summed E-state index contributed by atoms with van der Waals surface area (Å²) in [6, 6.07) is 0. The fraction of sp³-hybridized carbons (Fsp3) is 0.933. The van der Waals surface area contributed by atoms with Gasteiger partial charge in [-0.15, -0.1) is 0 Å². The Morgan fingerprint density at radius 2 is 1.78 bits per heavy atom. The van der Waals surface area contributed by atoms with Crippen LogP contribution in [0.3, 0.4) is 0 Å². The van der Waals surface area contributed by atoms with Crippen molar-refractivity contribution in [1.29, 1.82) is 0 Å². The van der Waals surface area contributed by atoms with Gasteiger partial charge in [-0.25, -0.2) is 0 Å². The van der Waals surface area contributed by atoms with E-state index in [2.05, 4.69) is 6.92 Å². The van der Waals surface area contributed by atoms with E-state index in [4.69, 9.17) is 0 Å². The minimum Gasteiger partial charge on any atom is -0.393 e. The van der Waals surface area contributed by atoms with E-state index in [1.54, 1.807) is 0 Å². The molecule has 3 nitrogen and oxygen atoms in total. The summed E-state index contributed by atoms with van der Waals surface area (Å²) in [6.45, 7) is 5.69. The highest BCUT2D eigenvalue weighted by atomic mass is 16.3. The molecule has 1 heterocycles. The van der Waals surface area contributed by atoms with Gasteiger partial charge >= 0.3 is 0 Å². The van der Waals surface area contributed by atoms with Gasteiger partial charge in [0.05, 0.1) is 6.10 Å². The first-order valence-corrected chi connectivity index (χ1v) is 7.50. The maximum absolute atomic E-state index is 12.6. The van der Waals surface area contributed by atoms with Crippen LogP contribution < -0.4 is 0 Å². The molecule has 18 heavy (non-hydrogen) atoms. The predicted octanol–water partition coefficient (Wildman–Crippen LogP) is 2.58. The van der Waals surface area contributed by atoms with Crippen LogP contribution in [-0.2, 0) is 4.79 Å². The number of hydrogen-bond acceptors (Lipinski definition) is 2. The molecule has 0 spiro atoms. The van der Waals surface area contributed by atoms with Gasteiger partial charge in [0.1, 0.15) is 0 Å². The molecule has 1 saturated carbocycles. The van der Waals surface area contributed by atoms with Gasteiger partial charge < -0.3 is 10.0 Å². The van der Waals surface area contributed by atoms with E-state index < -0.39 is 0 Å². The maximum Gasteiger partial charge on any atom is 0.228 e. The van der Waals surface area contributed by atoms with Crippen LogP contribution in [0.1, 0.15) is 58.8 Å². The second-order valence-electron chi connectivity index (χ2n) is 6.49. The first kappa shape index (κ1) is 13.9. The molecule has 1 N–H and O–H groups in total. The molecule has 1 aliphatic carbocycles. The molecule has 0 radical (unpaired) electrons. The highest BCUT2D eigenvalue weighted by Crippen LogP contribution is 2.38. The Kier molecular flexibility index (Phi) is 4.31. The molecular formula is C15H27NO2. The average Bonchev–Trinajstić information content (AvgIpc) is 2.39. The molecule has 2 fully saturated rings. The van der Waals surface area contributed by atoms with E-state index in [0.29, 0.717) is 11.8 Å². The number of hydrogen-bond donors (Lipinski definition) is 1. The lowest BCUT2D eigenvalue weighted by molar-refractivity contribution is -0.145. The van der Waals surface area contributed by atoms with Crippen LogP contribution in [0.4, 0.5) is 0 Å². The molecule has 2 aliphatic rings. The zero-order valence-electron chi connectivity index (χ0n) is 11.8. The van der Waals surface area contributed by atoms with E-state index in [-0.39, 0.29) is 11.5 Å². The zero-order valence-corrected chi connectivity index (χ0v) is 11.8. The molecule has 1 unspecified atom stereocenters. The Balaban J connectivity index is 1.90. The van der Waals surface area contributed by atoms with Crippen LogP contribution in [-0.4, -0.2) is 35.1 Å². The first-order chi connectivity index (χ1) is 8.53. The Morgan fingerprint density at radius 1 is 1.22 bits per heavy atom. The molecule has 1 atom stereocenters. The van der Waals surface area contributed by atoms with Crippen LogP contribution in [0.15, 0.2) is 0 Å². The zero-order chi connectivity index (χ0) is 13.2. The van der Waals surface area contributed by atoms with E-state index >= 15 is 0 Å². The van der Waals surface area contributed by atoms with Gasteiger partial charge in [-0.2, -0.15) is 0 Å². The Labute approximate surface area is 111 Å². The summed E-state index contributed by atoms with van der Waals surface area (Å²) in [5.74, 6) is 0.749. The van der Waals surface area contributed by atoms with Gasteiger partial charge in [-0.3, -0.25) is 4.79 Å². The Hall–Kier alpha value is -0.570. The van der Waals surface area contributed by atoms with Crippen molar-refractivity contribution in [2.45, 2.75) is 64.9 Å². The van der Waals surface area contributed by atoms with Crippen molar-refractivity contribution >= 4 is 5.91 Å². The number of likely N-dealkylation sites (tertiary alicyclic amines) is 1. The number of nitrogens with zero attached hydrogens (tertiary/aromatic N) is 1. The Morgan fingerprint density at radius 3 is 2.28 bits per heavy atom. The van der Waals surface area contributed by atoms with E-state index in [1.165, 1.54) is 19.3 Å². The topological polar surface area (TPSA) is 40.5 Å². The van der Waals surface area contributed by atoms with Gasteiger partial charge in [-0.05, 0) is 38.5 Å². The van der Waals surface area contributed by atoms with Crippen LogP contribution in [0.5, 0.6) is 0 Å². The van der Waals surface area contributed by atoms with Crippen molar-refractivity contribution < 1.29 is 9.90 Å². The van der Waals surface area contributed by atoms with Gasteiger partial charge in [0.2, 0.25) is 5.91 Å². The predicted molar refractivity (Wildman–Crippen MR) is 72.2 cm³/mol. The number of amides is 1. The van der Waals surface area contributed by atoms with Crippen LogP contribution in [0.2, 0.25) is 0 Å². The molecule has 1 saturated heterocycles. The number of aliphatic hydroxyl groups excluding tert-OH is 1. The quantitative estimate of drug-likeness (QED) is 0.821. The average molecular weight is 253 g/mol. The van der Waals surface area contributed by atoms with E-state index in [1.807, 2.05) is 11.8 Å². The number of rotatable bonds is 2. The largest absolute Gasteiger partial charge is 0.393 e. The van der Waals surface area contributed by atoms with Crippen LogP contribution in [0.25, 0.3) is 0 Å². The van der Waals surface area contributed by atoms with Crippen molar-refractivity contribution in [2.75, 3.05) is 13.1 Å². The standard InChI is InChI=1S/C15H27NO2/c1-12(17)13-6-10-16(11-7-13)14(18)15(2)8-4-3-5-9-15/h12-13,17H,3-11H2,1-2H3. The number of aliphatic hydroxyl groups is 1. The minimum absolute atomic E-state index is 0.101. The minimum atomic E-state index is -0.229. The van der Waals surface area contributed by atoms with Crippen LogP contribution >= 0.6 is 0 Å². The molecule has 0 aromatic heterocycles. The molecule has 0 aromatic carbocycles. The normalized spacial score (nSPS) is 26.9. The van der Waals surface area contributed by atoms with E-state index in [9.17, 15) is 9.90 Å². The van der Waals surface area contributed by atoms with E-state index in [0.717, 1.165) is 38.8 Å². The summed E-state index contributed by atoms with van der Waals surface area (Å²) in [5, 5.41) is 9.60. The fourth-order valence-corrected chi connectivity index (χ4v) is 3.51. The molecule has 104 valence electrons. The summed E-state index contributed by atoms with van der Waals surface area (Å²) >= 11 is 0. The summed E-state index contributed by atoms with van der Waals surface area (Å²) in [7, 11) is 0. The molecule has 0 bridgehead atoms. The number of carbonyl (C=O) groups excluding carboxylic acids is 1. The second kappa shape index (κ2) is 5.60. The molecule has 1 aliphatic heterocycles. The Bertz CT molecular complexity index is 287. The second-order valence-corrected chi connectivity index (χ2v) is 6.49. The number of piperidine rings is 1. The SMILES string of the molecule is CC(O)C1CCN(C(=O)C2(C)CCCCC2)CC1. The van der Waals surface area contributed by atoms with Gasteiger partial charge in [0.15, 0.2) is 0 Å². The smallest absolute Gasteiger partial charge is 0.228 e. The highest BCUT2D eigenvalue weighted by molar-refractivity contribution is 5.82. The van der Waals surface area contributed by atoms with Crippen molar-refractivity contribution in [1.82, 2.24) is 4.90 Å². The monoisotopic (exact) mass is 253 g/mol. The molecule has 0 aromatic rings. The van der Waals surface area contributed by atoms with Crippen LogP contribution in [0, 0.1) is 11.3 Å². The molecule has 3 heteroatoms. The third-order valence-electron chi connectivity index (χ3n) is 4.98. The maximum atomic E-state index is 12.6. The van der Waals surface area contributed by atoms with Crippen molar-refractivity contribution in [3.8, 4) is 0 Å². The third-order valence-corrected chi connectivity index (χ3v) is 4.98. The first-order valence-electron chi connectivity index (χ1n) is 7.50. The van der Waals surface area contributed by atoms with Crippen molar-refractivity contribution in [2.24, 2.45) is 11.3 Å². The van der Waals surface area contributed by atoms with Crippen molar-refractivity contribution in [3.63, 3.8) is 0 Å². The highest BCUT2D eigenvalue weighted by Gasteiger charge is 2.38.